The molecule has 0 saturated heterocycles. The van der Waals surface area contributed by atoms with E-state index in [-0.39, 0.29) is 11.8 Å². The zero-order valence-corrected chi connectivity index (χ0v) is 15.1. The van der Waals surface area contributed by atoms with Crippen LogP contribution in [0.25, 0.3) is 0 Å². The molecule has 3 aromatic rings. The van der Waals surface area contributed by atoms with E-state index in [1.54, 1.807) is 36.7 Å². The number of pyridine rings is 1. The van der Waals surface area contributed by atoms with Gasteiger partial charge >= 0.3 is 0 Å². The third-order valence-electron chi connectivity index (χ3n) is 4.54. The molecule has 1 aromatic heterocycles. The Kier molecular flexibility index (Phi) is 5.01. The summed E-state index contributed by atoms with van der Waals surface area (Å²) in [6.07, 6.45) is 3.28. The fraction of sp³-hybridized carbons (Fsp3) is 0.136. The van der Waals surface area contributed by atoms with Crippen LogP contribution in [0.15, 0.2) is 73.1 Å². The molecule has 6 nitrogen and oxygen atoms in total. The Bertz CT molecular complexity index is 980. The highest BCUT2D eigenvalue weighted by Gasteiger charge is 2.29. The number of nitrogens with one attached hydrogen (secondary N) is 2. The van der Waals surface area contributed by atoms with Gasteiger partial charge < -0.3 is 15.4 Å². The van der Waals surface area contributed by atoms with Gasteiger partial charge in [0.05, 0.1) is 11.3 Å². The van der Waals surface area contributed by atoms with Crippen LogP contribution >= 0.6 is 0 Å². The van der Waals surface area contributed by atoms with Crippen molar-refractivity contribution in [3.05, 3.63) is 89.7 Å². The molecule has 1 aliphatic heterocycles. The van der Waals surface area contributed by atoms with E-state index in [0.717, 1.165) is 16.9 Å². The fourth-order valence-corrected chi connectivity index (χ4v) is 3.11. The van der Waals surface area contributed by atoms with Crippen molar-refractivity contribution < 1.29 is 14.3 Å². The van der Waals surface area contributed by atoms with Gasteiger partial charge in [-0.3, -0.25) is 14.6 Å². The van der Waals surface area contributed by atoms with Gasteiger partial charge in [-0.1, -0.05) is 36.4 Å². The number of nitrogens with zero attached hydrogens (tertiary/aromatic N) is 1. The maximum atomic E-state index is 12.7. The summed E-state index contributed by atoms with van der Waals surface area (Å²) >= 11 is 0. The van der Waals surface area contributed by atoms with Gasteiger partial charge in [-0.05, 0) is 35.4 Å². The molecular weight excluding hydrogens is 354 g/mol. The second-order valence-corrected chi connectivity index (χ2v) is 6.50. The van der Waals surface area contributed by atoms with Gasteiger partial charge in [-0.15, -0.1) is 0 Å². The number of carbonyl (C=O) groups excluding carboxylic acids is 2. The van der Waals surface area contributed by atoms with E-state index in [1.165, 1.54) is 0 Å². The number of para-hydroxylation sites is 2. The Hall–Kier alpha value is -3.67. The maximum absolute atomic E-state index is 12.7. The number of anilines is 1. The smallest absolute Gasteiger partial charge is 0.265 e. The summed E-state index contributed by atoms with van der Waals surface area (Å²) in [7, 11) is 0. The summed E-state index contributed by atoms with van der Waals surface area (Å²) in [5.74, 6) is 0.184. The van der Waals surface area contributed by atoms with Gasteiger partial charge in [-0.25, -0.2) is 0 Å². The number of hydrogen-bond donors (Lipinski definition) is 2. The first-order valence-electron chi connectivity index (χ1n) is 9.02. The minimum absolute atomic E-state index is 0.268. The summed E-state index contributed by atoms with van der Waals surface area (Å²) in [5.41, 5.74) is 2.76. The van der Waals surface area contributed by atoms with Crippen molar-refractivity contribution in [2.24, 2.45) is 0 Å². The van der Waals surface area contributed by atoms with Gasteiger partial charge in [-0.2, -0.15) is 0 Å². The van der Waals surface area contributed by atoms with Crippen molar-refractivity contribution in [3.8, 4) is 5.75 Å². The second kappa shape index (κ2) is 7.92. The SMILES string of the molecule is O=C(NCc1cccnc1)c1ccccc1NC(=O)C1Cc2ccccc2O1. The van der Waals surface area contributed by atoms with E-state index >= 15 is 0 Å². The Balaban J connectivity index is 1.43. The molecule has 1 aliphatic rings. The van der Waals surface area contributed by atoms with Crippen molar-refractivity contribution in [2.45, 2.75) is 19.1 Å². The molecule has 1 unspecified atom stereocenters. The molecule has 2 N–H and O–H groups in total. The highest BCUT2D eigenvalue weighted by Crippen LogP contribution is 2.29. The van der Waals surface area contributed by atoms with Gasteiger partial charge in [0.15, 0.2) is 6.10 Å². The van der Waals surface area contributed by atoms with Crippen molar-refractivity contribution in [2.75, 3.05) is 5.32 Å². The van der Waals surface area contributed by atoms with Crippen LogP contribution in [0.3, 0.4) is 0 Å². The molecule has 2 aromatic carbocycles. The van der Waals surface area contributed by atoms with E-state index in [1.807, 2.05) is 36.4 Å². The van der Waals surface area contributed by atoms with Gasteiger partial charge in [0.25, 0.3) is 11.8 Å². The number of hydrogen-bond acceptors (Lipinski definition) is 4. The monoisotopic (exact) mass is 373 g/mol. The first-order chi connectivity index (χ1) is 13.7. The van der Waals surface area contributed by atoms with E-state index in [9.17, 15) is 9.59 Å². The van der Waals surface area contributed by atoms with Crippen LogP contribution in [0.1, 0.15) is 21.5 Å². The predicted octanol–water partition coefficient (Wildman–Crippen LogP) is 2.95. The Morgan fingerprint density at radius 2 is 1.86 bits per heavy atom. The number of rotatable bonds is 5. The normalized spacial score (nSPS) is 14.6. The maximum Gasteiger partial charge on any atom is 0.265 e. The van der Waals surface area contributed by atoms with E-state index in [0.29, 0.717) is 24.2 Å². The minimum atomic E-state index is -0.607. The summed E-state index contributed by atoms with van der Waals surface area (Å²) in [5, 5.41) is 5.68. The molecule has 1 atom stereocenters. The lowest BCUT2D eigenvalue weighted by atomic mass is 10.1. The summed E-state index contributed by atoms with van der Waals surface area (Å²) in [6.45, 7) is 0.357. The number of benzene rings is 2. The van der Waals surface area contributed by atoms with Crippen LogP contribution in [-0.4, -0.2) is 22.9 Å². The fourth-order valence-electron chi connectivity index (χ4n) is 3.11. The Morgan fingerprint density at radius 3 is 2.68 bits per heavy atom. The highest BCUT2D eigenvalue weighted by molar-refractivity contribution is 6.04. The molecule has 0 fully saturated rings. The quantitative estimate of drug-likeness (QED) is 0.721. The molecule has 2 amide bonds. The zero-order valence-electron chi connectivity index (χ0n) is 15.1. The third-order valence-corrected chi connectivity index (χ3v) is 4.54. The molecule has 28 heavy (non-hydrogen) atoms. The van der Waals surface area contributed by atoms with Crippen LogP contribution in [-0.2, 0) is 17.8 Å². The molecule has 0 saturated carbocycles. The standard InChI is InChI=1S/C22H19N3O3/c26-21(24-14-15-6-5-11-23-13-15)17-8-2-3-9-18(17)25-22(27)20-12-16-7-1-4-10-19(16)28-20/h1-11,13,20H,12,14H2,(H,24,26)(H,25,27). The number of ether oxygens (including phenoxy) is 1. The number of carbonyl (C=O) groups is 2. The molecule has 2 heterocycles. The molecule has 140 valence electrons. The number of aromatic nitrogens is 1. The average molecular weight is 373 g/mol. The van der Waals surface area contributed by atoms with Crippen molar-refractivity contribution in [1.82, 2.24) is 10.3 Å². The molecule has 0 aliphatic carbocycles. The summed E-state index contributed by atoms with van der Waals surface area (Å²) in [4.78, 5) is 29.3. The number of fused-ring (bicyclic) bond motifs is 1. The minimum Gasteiger partial charge on any atom is -0.480 e. The molecule has 4 rings (SSSR count). The largest absolute Gasteiger partial charge is 0.480 e. The summed E-state index contributed by atoms with van der Waals surface area (Å²) in [6, 6.07) is 18.2. The van der Waals surface area contributed by atoms with E-state index in [4.69, 9.17) is 4.74 Å². The summed E-state index contributed by atoms with van der Waals surface area (Å²) < 4.78 is 5.73. The number of amides is 2. The molecule has 0 spiro atoms. The lowest BCUT2D eigenvalue weighted by molar-refractivity contribution is -0.122. The Morgan fingerprint density at radius 1 is 1.04 bits per heavy atom. The predicted molar refractivity (Wildman–Crippen MR) is 105 cm³/mol. The van der Waals surface area contributed by atoms with Gasteiger partial charge in [0.1, 0.15) is 5.75 Å². The van der Waals surface area contributed by atoms with Crippen LogP contribution < -0.4 is 15.4 Å². The van der Waals surface area contributed by atoms with Crippen molar-refractivity contribution in [3.63, 3.8) is 0 Å². The topological polar surface area (TPSA) is 80.3 Å². The first kappa shape index (κ1) is 17.7. The van der Waals surface area contributed by atoms with Crippen molar-refractivity contribution >= 4 is 17.5 Å². The van der Waals surface area contributed by atoms with E-state index in [2.05, 4.69) is 15.6 Å². The molecular formula is C22H19N3O3. The third kappa shape index (κ3) is 3.86. The molecule has 0 bridgehead atoms. The van der Waals surface area contributed by atoms with E-state index < -0.39 is 6.10 Å². The van der Waals surface area contributed by atoms with Crippen LogP contribution in [0.5, 0.6) is 5.75 Å². The van der Waals surface area contributed by atoms with Crippen LogP contribution in [0.2, 0.25) is 0 Å². The van der Waals surface area contributed by atoms with Crippen LogP contribution in [0.4, 0.5) is 5.69 Å². The van der Waals surface area contributed by atoms with Crippen molar-refractivity contribution in [1.29, 1.82) is 0 Å². The lowest BCUT2D eigenvalue weighted by Gasteiger charge is -2.14. The van der Waals surface area contributed by atoms with Gasteiger partial charge in [0, 0.05) is 25.4 Å². The zero-order chi connectivity index (χ0) is 19.3. The molecule has 0 radical (unpaired) electrons. The van der Waals surface area contributed by atoms with Gasteiger partial charge in [0.2, 0.25) is 0 Å². The van der Waals surface area contributed by atoms with Crippen LogP contribution in [0, 0.1) is 0 Å². The highest BCUT2D eigenvalue weighted by atomic mass is 16.5. The second-order valence-electron chi connectivity index (χ2n) is 6.50. The first-order valence-corrected chi connectivity index (χ1v) is 9.02. The Labute approximate surface area is 162 Å². The lowest BCUT2D eigenvalue weighted by Crippen LogP contribution is -2.32. The molecule has 6 heteroatoms. The average Bonchev–Trinajstić information content (AvgIpc) is 3.18.